The minimum absolute atomic E-state index is 0.0812. The van der Waals surface area contributed by atoms with Crippen LogP contribution in [0.5, 0.6) is 0 Å². The van der Waals surface area contributed by atoms with Gasteiger partial charge in [0.1, 0.15) is 22.4 Å². The Bertz CT molecular complexity index is 1620. The number of carbonyl (C=O) groups excluding carboxylic acids is 5. The molecule has 4 amide bonds. The van der Waals surface area contributed by atoms with E-state index in [1.807, 2.05) is 0 Å². The first-order valence-corrected chi connectivity index (χ1v) is 18.2. The quantitative estimate of drug-likeness (QED) is 0.164. The maximum Gasteiger partial charge on any atom is 0.424 e. The molecule has 0 bridgehead atoms. The van der Waals surface area contributed by atoms with E-state index in [0.29, 0.717) is 31.6 Å². The van der Waals surface area contributed by atoms with Crippen molar-refractivity contribution in [2.24, 2.45) is 0 Å². The van der Waals surface area contributed by atoms with E-state index in [4.69, 9.17) is 23.7 Å². The summed E-state index contributed by atoms with van der Waals surface area (Å²) in [5.41, 5.74) is -3.32. The molecule has 0 aliphatic rings. The average molecular weight is 877 g/mol. The van der Waals surface area contributed by atoms with Gasteiger partial charge in [-0.2, -0.15) is 9.80 Å². The molecule has 1 N–H and O–H groups in total. The van der Waals surface area contributed by atoms with Gasteiger partial charge < -0.3 is 28.8 Å². The monoisotopic (exact) mass is 874 g/mol. The summed E-state index contributed by atoms with van der Waals surface area (Å²) >= 11 is 6.52. The number of ether oxygens (including phenoxy) is 5. The number of anilines is 2. The van der Waals surface area contributed by atoms with Gasteiger partial charge in [0.15, 0.2) is 11.4 Å². The van der Waals surface area contributed by atoms with Gasteiger partial charge in [-0.3, -0.25) is 0 Å². The van der Waals surface area contributed by atoms with Crippen molar-refractivity contribution in [2.75, 3.05) is 16.9 Å². The van der Waals surface area contributed by atoms with E-state index >= 15 is 0 Å². The van der Waals surface area contributed by atoms with Crippen molar-refractivity contribution in [1.82, 2.24) is 9.97 Å². The molecular weight excluding hydrogens is 828 g/mol. The summed E-state index contributed by atoms with van der Waals surface area (Å²) in [6.07, 6.45) is -1.31. The third kappa shape index (κ3) is 15.7. The molecule has 2 aromatic heterocycles. The van der Waals surface area contributed by atoms with Gasteiger partial charge in [-0.1, -0.05) is 31.9 Å². The second-order valence-corrected chi connectivity index (χ2v) is 16.2. The van der Waals surface area contributed by atoms with Crippen LogP contribution in [0.1, 0.15) is 115 Å². The van der Waals surface area contributed by atoms with Crippen molar-refractivity contribution in [3.05, 3.63) is 47.0 Å². The molecule has 0 unspecified atom stereocenters. The summed E-state index contributed by atoms with van der Waals surface area (Å²) < 4.78 is 25.9. The van der Waals surface area contributed by atoms with Gasteiger partial charge in [0, 0.05) is 23.1 Å². The molecule has 18 heteroatoms. The maximum atomic E-state index is 12.8. The smallest absolute Gasteiger partial charge is 0.424 e. The zero-order chi connectivity index (χ0) is 41.3. The number of halogens is 2. The summed E-state index contributed by atoms with van der Waals surface area (Å²) in [5.74, 6) is -2.19. The van der Waals surface area contributed by atoms with Gasteiger partial charge in [0.05, 0.1) is 18.5 Å². The van der Waals surface area contributed by atoms with E-state index in [9.17, 15) is 33.9 Å². The third-order valence-electron chi connectivity index (χ3n) is 5.52. The van der Waals surface area contributed by atoms with E-state index in [2.05, 4.69) is 41.8 Å². The fourth-order valence-electron chi connectivity index (χ4n) is 3.67. The molecule has 53 heavy (non-hydrogen) atoms. The van der Waals surface area contributed by atoms with Gasteiger partial charge in [-0.25, -0.2) is 38.7 Å². The normalized spacial score (nSPS) is 11.6. The van der Waals surface area contributed by atoms with Gasteiger partial charge >= 0.3 is 36.3 Å². The first-order valence-electron chi connectivity index (χ1n) is 16.0. The number of hydrogen-bond donors (Lipinski definition) is 1. The van der Waals surface area contributed by atoms with Crippen LogP contribution in [0, 0.1) is 0 Å². The number of esters is 1. The Kier molecular flexibility index (Phi) is 16.4. The predicted molar refractivity (Wildman–Crippen MR) is 202 cm³/mol. The van der Waals surface area contributed by atoms with E-state index in [-0.39, 0.29) is 17.1 Å². The van der Waals surface area contributed by atoms with E-state index in [1.54, 1.807) is 83.1 Å². The summed E-state index contributed by atoms with van der Waals surface area (Å²) in [4.78, 5) is 83.5. The van der Waals surface area contributed by atoms with Crippen molar-refractivity contribution in [3.63, 3.8) is 0 Å². The number of pyridine rings is 2. The lowest BCUT2D eigenvalue weighted by molar-refractivity contribution is 0.0406. The first-order chi connectivity index (χ1) is 24.0. The molecular formula is C35H48Br2N4O12. The molecule has 0 aromatic carbocycles. The molecule has 16 nitrogen and oxygen atoms in total. The van der Waals surface area contributed by atoms with Crippen LogP contribution < -0.4 is 9.80 Å². The number of amides is 4. The highest BCUT2D eigenvalue weighted by molar-refractivity contribution is 9.08. The second kappa shape index (κ2) is 18.6. The molecule has 0 atom stereocenters. The topological polar surface area (TPSA) is 201 Å². The van der Waals surface area contributed by atoms with Gasteiger partial charge in [-0.15, -0.1) is 0 Å². The van der Waals surface area contributed by atoms with Crippen LogP contribution in [-0.4, -0.2) is 80.9 Å². The van der Waals surface area contributed by atoms with Crippen molar-refractivity contribution in [2.45, 2.75) is 116 Å². The first kappa shape index (κ1) is 46.7. The van der Waals surface area contributed by atoms with Crippen molar-refractivity contribution in [3.8, 4) is 0 Å². The van der Waals surface area contributed by atoms with Gasteiger partial charge in [-0.05, 0) is 106 Å². The third-order valence-corrected chi connectivity index (χ3v) is 6.82. The summed E-state index contributed by atoms with van der Waals surface area (Å²) in [5, 5.41) is 10.1. The highest BCUT2D eigenvalue weighted by Crippen LogP contribution is 2.28. The SMILES string of the molecule is CC(C)(C)OC(=O)N(C(=O)OC(C)(C)C)c1cc(CBr)cnc1C(=O)O.COC(=O)c1ncc(CBr)cc1N(C(=O)OC(C)(C)C)C(=O)OC(C)(C)C. The molecule has 0 aliphatic heterocycles. The molecule has 2 aromatic rings. The standard InChI is InChI=1S/C18H25BrN2O6.C17H23BrN2O6/c1-17(2,3)26-15(23)21(16(24)27-18(4,5)6)12-8-11(9-19)10-20-13(12)14(22)25-7;1-16(2,3)25-14(23)20(15(24)26-17(4,5)6)11-7-10(8-18)9-19-12(11)13(21)22/h8,10H,9H2,1-7H3;7,9H,8H2,1-6H3,(H,21,22). The number of aromatic carboxylic acids is 1. The zero-order valence-corrected chi connectivity index (χ0v) is 35.4. The van der Waals surface area contributed by atoms with Crippen LogP contribution in [0.15, 0.2) is 24.5 Å². The summed E-state index contributed by atoms with van der Waals surface area (Å²) in [6, 6.07) is 2.85. The highest BCUT2D eigenvalue weighted by atomic mass is 79.9. The number of nitrogens with zero attached hydrogens (tertiary/aromatic N) is 4. The minimum Gasteiger partial charge on any atom is -0.476 e. The lowest BCUT2D eigenvalue weighted by Gasteiger charge is -2.29. The fourth-order valence-corrected chi connectivity index (χ4v) is 4.28. The lowest BCUT2D eigenvalue weighted by Crippen LogP contribution is -2.44. The number of imide groups is 2. The number of carboxylic acid groups (broad SMARTS) is 1. The van der Waals surface area contributed by atoms with Gasteiger partial charge in [0.2, 0.25) is 0 Å². The molecule has 0 radical (unpaired) electrons. The summed E-state index contributed by atoms with van der Waals surface area (Å²) in [6.45, 7) is 19.7. The van der Waals surface area contributed by atoms with Crippen LogP contribution in [0.2, 0.25) is 0 Å². The van der Waals surface area contributed by atoms with Gasteiger partial charge in [0.25, 0.3) is 0 Å². The van der Waals surface area contributed by atoms with E-state index < -0.39 is 64.4 Å². The molecule has 0 fully saturated rings. The van der Waals surface area contributed by atoms with Crippen molar-refractivity contribution >= 4 is 79.5 Å². The number of hydrogen-bond acceptors (Lipinski definition) is 13. The molecule has 0 aliphatic carbocycles. The Morgan fingerprint density at radius 3 is 1.11 bits per heavy atom. The highest BCUT2D eigenvalue weighted by Gasteiger charge is 2.37. The van der Waals surface area contributed by atoms with Crippen LogP contribution in [0.3, 0.4) is 0 Å². The second-order valence-electron chi connectivity index (χ2n) is 15.1. The Labute approximate surface area is 326 Å². The Balaban J connectivity index is 0.000000530. The largest absolute Gasteiger partial charge is 0.476 e. The van der Waals surface area contributed by atoms with Crippen LogP contribution in [0.4, 0.5) is 30.6 Å². The molecule has 0 saturated heterocycles. The number of aromatic nitrogens is 2. The van der Waals surface area contributed by atoms with Crippen LogP contribution in [-0.2, 0) is 34.3 Å². The zero-order valence-electron chi connectivity index (χ0n) is 32.2. The van der Waals surface area contributed by atoms with E-state index in [0.717, 1.165) is 0 Å². The molecule has 294 valence electrons. The lowest BCUT2D eigenvalue weighted by atomic mass is 10.2. The fraction of sp³-hybridized carbons (Fsp3) is 0.543. The molecule has 2 rings (SSSR count). The Hall–Kier alpha value is -4.32. The number of rotatable bonds is 6. The number of methoxy groups -OCH3 is 1. The number of carboxylic acids is 1. The van der Waals surface area contributed by atoms with E-state index in [1.165, 1.54) is 31.6 Å². The average Bonchev–Trinajstić information content (AvgIpc) is 2.97. The number of carbonyl (C=O) groups is 6. The van der Waals surface area contributed by atoms with Crippen LogP contribution in [0.25, 0.3) is 0 Å². The maximum absolute atomic E-state index is 12.8. The number of alkyl halides is 2. The Morgan fingerprint density at radius 1 is 0.585 bits per heavy atom. The van der Waals surface area contributed by atoms with Crippen molar-refractivity contribution < 1.29 is 57.6 Å². The minimum atomic E-state index is -1.39. The molecule has 0 saturated carbocycles. The molecule has 0 spiro atoms. The van der Waals surface area contributed by atoms with Crippen LogP contribution >= 0.6 is 31.9 Å². The summed E-state index contributed by atoms with van der Waals surface area (Å²) in [7, 11) is 1.18. The van der Waals surface area contributed by atoms with Crippen molar-refractivity contribution in [1.29, 1.82) is 0 Å². The predicted octanol–water partition coefficient (Wildman–Crippen LogP) is 8.79. The molecule has 2 heterocycles. The Morgan fingerprint density at radius 2 is 0.868 bits per heavy atom.